The van der Waals surface area contributed by atoms with Gasteiger partial charge < -0.3 is 0 Å². The predicted octanol–water partition coefficient (Wildman–Crippen LogP) is -1.12. The molecule has 5 heteroatoms. The van der Waals surface area contributed by atoms with Crippen molar-refractivity contribution in [2.45, 2.75) is 0 Å². The molecule has 50 valence electrons. The van der Waals surface area contributed by atoms with Crippen LogP contribution in [0.3, 0.4) is 0 Å². The van der Waals surface area contributed by atoms with Crippen LogP contribution in [0.15, 0.2) is 12.7 Å². The van der Waals surface area contributed by atoms with Gasteiger partial charge in [0.05, 0.1) is 0 Å². The van der Waals surface area contributed by atoms with E-state index in [1.165, 1.54) is 6.33 Å². The number of hydrogen-bond acceptors (Lipinski definition) is 3. The van der Waals surface area contributed by atoms with Gasteiger partial charge >= 0.3 is 64.4 Å². The molecule has 0 unspecified atom stereocenters. The number of nitrogens with zero attached hydrogens (tertiary/aromatic N) is 3. The average molecular weight is 199 g/mol. The molecule has 4 nitrogen and oxygen atoms in total. The number of rotatable bonds is 0. The van der Waals surface area contributed by atoms with E-state index in [-0.39, 0.29) is 0 Å². The summed E-state index contributed by atoms with van der Waals surface area (Å²) in [4.78, 5) is 14.8. The van der Waals surface area contributed by atoms with Crippen LogP contribution in [0.1, 0.15) is 0 Å². The Bertz CT molecular complexity index is 355. The van der Waals surface area contributed by atoms with E-state index in [2.05, 4.69) is 35.9 Å². The molecular formula is C5H4N4Se. The van der Waals surface area contributed by atoms with Crippen molar-refractivity contribution < 1.29 is 0 Å². The van der Waals surface area contributed by atoms with Gasteiger partial charge in [-0.25, -0.2) is 0 Å². The summed E-state index contributed by atoms with van der Waals surface area (Å²) in [6.07, 6.45) is 3.10. The van der Waals surface area contributed by atoms with Crippen molar-refractivity contribution in [1.29, 1.82) is 0 Å². The van der Waals surface area contributed by atoms with Crippen LogP contribution in [0.25, 0.3) is 11.2 Å². The zero-order valence-corrected chi connectivity index (χ0v) is 6.82. The topological polar surface area (TPSA) is 54.5 Å². The Balaban J connectivity index is 2.95. The van der Waals surface area contributed by atoms with Gasteiger partial charge in [-0.2, -0.15) is 0 Å². The second kappa shape index (κ2) is 2.04. The van der Waals surface area contributed by atoms with Crippen LogP contribution in [-0.2, 0) is 0 Å². The number of aromatic amines is 1. The fourth-order valence-corrected chi connectivity index (χ4v) is 1.21. The summed E-state index contributed by atoms with van der Waals surface area (Å²) in [6.45, 7) is 0. The first-order chi connectivity index (χ1) is 4.88. The van der Waals surface area contributed by atoms with Crippen LogP contribution in [-0.4, -0.2) is 35.9 Å². The summed E-state index contributed by atoms with van der Waals surface area (Å²) in [6, 6.07) is 0. The molecule has 0 spiro atoms. The third-order valence-electron chi connectivity index (χ3n) is 1.20. The molecule has 0 atom stereocenters. The molecule has 0 aromatic carbocycles. The second-order valence-corrected chi connectivity index (χ2v) is 2.69. The fourth-order valence-electron chi connectivity index (χ4n) is 0.752. The molecule has 0 bridgehead atoms. The zero-order chi connectivity index (χ0) is 6.97. The number of hydrogen-bond donors (Lipinski definition) is 1. The summed E-state index contributed by atoms with van der Waals surface area (Å²) in [5.41, 5.74) is 1.60. The van der Waals surface area contributed by atoms with Crippen LogP contribution in [0.4, 0.5) is 0 Å². The van der Waals surface area contributed by atoms with Gasteiger partial charge in [-0.3, -0.25) is 0 Å². The Labute approximate surface area is 64.9 Å². The van der Waals surface area contributed by atoms with Crippen molar-refractivity contribution in [2.75, 3.05) is 0 Å². The SMILES string of the molecule is [SeH]c1ncnc2nc[nH]c12. The summed E-state index contributed by atoms with van der Waals surface area (Å²) >= 11 is 2.36. The predicted molar refractivity (Wildman–Crippen MR) is 38.5 cm³/mol. The molecule has 0 amide bonds. The first-order valence-corrected chi connectivity index (χ1v) is 3.65. The Morgan fingerprint density at radius 2 is 2.20 bits per heavy atom. The van der Waals surface area contributed by atoms with Crippen molar-refractivity contribution in [3.8, 4) is 0 Å². The normalized spacial score (nSPS) is 10.5. The summed E-state index contributed by atoms with van der Waals surface area (Å²) in [5.74, 6) is 0. The number of H-pyrrole nitrogens is 1. The van der Waals surface area contributed by atoms with Gasteiger partial charge in [-0.15, -0.1) is 0 Å². The maximum absolute atomic E-state index is 3.97. The molecule has 0 aliphatic heterocycles. The summed E-state index contributed by atoms with van der Waals surface area (Å²) in [5, 5.41) is 0. The number of nitrogens with one attached hydrogen (secondary N) is 1. The van der Waals surface area contributed by atoms with Crippen LogP contribution in [0, 0.1) is 0 Å². The Morgan fingerprint density at radius 3 is 3.00 bits per heavy atom. The van der Waals surface area contributed by atoms with Crippen LogP contribution in [0.2, 0.25) is 0 Å². The maximum atomic E-state index is 3.97. The minimum atomic E-state index is 0.714. The molecule has 0 fully saturated rings. The van der Waals surface area contributed by atoms with Gasteiger partial charge in [0, 0.05) is 0 Å². The van der Waals surface area contributed by atoms with Gasteiger partial charge in [0.2, 0.25) is 0 Å². The molecule has 2 aromatic rings. The molecule has 2 heterocycles. The molecule has 1 N–H and O–H groups in total. The first kappa shape index (κ1) is 5.82. The second-order valence-electron chi connectivity index (χ2n) is 1.80. The Hall–Kier alpha value is -0.931. The van der Waals surface area contributed by atoms with E-state index >= 15 is 0 Å². The third-order valence-corrected chi connectivity index (χ3v) is 1.91. The fraction of sp³-hybridized carbons (Fsp3) is 0. The van der Waals surface area contributed by atoms with Crippen molar-refractivity contribution >= 4 is 31.8 Å². The van der Waals surface area contributed by atoms with E-state index in [1.54, 1.807) is 6.33 Å². The zero-order valence-electron chi connectivity index (χ0n) is 4.94. The molecule has 0 radical (unpaired) electrons. The van der Waals surface area contributed by atoms with Crippen molar-refractivity contribution in [3.63, 3.8) is 0 Å². The van der Waals surface area contributed by atoms with E-state index in [0.29, 0.717) is 5.65 Å². The van der Waals surface area contributed by atoms with Crippen LogP contribution in [0.5, 0.6) is 0 Å². The van der Waals surface area contributed by atoms with Gasteiger partial charge in [-0.1, -0.05) is 0 Å². The van der Waals surface area contributed by atoms with Gasteiger partial charge in [0.1, 0.15) is 0 Å². The van der Waals surface area contributed by atoms with Crippen molar-refractivity contribution in [2.24, 2.45) is 0 Å². The summed E-state index contributed by atoms with van der Waals surface area (Å²) < 4.78 is 0.870. The number of aromatic nitrogens is 4. The van der Waals surface area contributed by atoms with Gasteiger partial charge in [0.15, 0.2) is 0 Å². The first-order valence-electron chi connectivity index (χ1n) is 2.71. The van der Waals surface area contributed by atoms with E-state index in [1.807, 2.05) is 0 Å². The van der Waals surface area contributed by atoms with Crippen molar-refractivity contribution in [3.05, 3.63) is 12.7 Å². The molecule has 0 aliphatic rings. The molecule has 0 saturated heterocycles. The molecule has 10 heavy (non-hydrogen) atoms. The van der Waals surface area contributed by atoms with Gasteiger partial charge in [-0.05, 0) is 0 Å². The number of imidazole rings is 1. The Morgan fingerprint density at radius 1 is 1.30 bits per heavy atom. The van der Waals surface area contributed by atoms with Gasteiger partial charge in [0.25, 0.3) is 0 Å². The van der Waals surface area contributed by atoms with E-state index in [0.717, 1.165) is 10.1 Å². The quantitative estimate of drug-likeness (QED) is 0.547. The minimum absolute atomic E-state index is 0.714. The van der Waals surface area contributed by atoms with E-state index in [4.69, 9.17) is 0 Å². The molecular weight excluding hydrogens is 195 g/mol. The molecule has 0 aliphatic carbocycles. The van der Waals surface area contributed by atoms with E-state index in [9.17, 15) is 0 Å². The molecule has 2 rings (SSSR count). The summed E-state index contributed by atoms with van der Waals surface area (Å²) in [7, 11) is 0. The monoisotopic (exact) mass is 200 g/mol. The van der Waals surface area contributed by atoms with E-state index < -0.39 is 0 Å². The third kappa shape index (κ3) is 0.716. The number of fused-ring (bicyclic) bond motifs is 1. The average Bonchev–Trinajstić information content (AvgIpc) is 2.36. The standard InChI is InChI=1S/C5H4N4Se/c10-5-3-4(7-1-6-3)8-2-9-5/h1-2H,(H2,6,7,8,9,10). The molecule has 0 saturated carbocycles. The Kier molecular flexibility index (Phi) is 1.19. The van der Waals surface area contributed by atoms with Crippen LogP contribution >= 0.6 is 0 Å². The van der Waals surface area contributed by atoms with Crippen molar-refractivity contribution in [1.82, 2.24) is 19.9 Å². The van der Waals surface area contributed by atoms with Crippen LogP contribution < -0.4 is 4.59 Å². The molecule has 2 aromatic heterocycles.